The van der Waals surface area contributed by atoms with Gasteiger partial charge in [-0.05, 0) is 32.0 Å². The van der Waals surface area contributed by atoms with Crippen LogP contribution in [0.15, 0.2) is 56.8 Å². The van der Waals surface area contributed by atoms with Gasteiger partial charge in [0, 0.05) is 5.69 Å². The molecule has 4 aromatic rings. The molecule has 7 nitrogen and oxygen atoms in total. The average molecular weight is 353 g/mol. The summed E-state index contributed by atoms with van der Waals surface area (Å²) in [5.41, 5.74) is 1.89. The summed E-state index contributed by atoms with van der Waals surface area (Å²) in [7, 11) is 0. The second-order valence-electron chi connectivity index (χ2n) is 5.39. The lowest BCUT2D eigenvalue weighted by atomic mass is 10.2. The lowest BCUT2D eigenvalue weighted by molar-refractivity contribution is 0.387. The monoisotopic (exact) mass is 353 g/mol. The summed E-state index contributed by atoms with van der Waals surface area (Å²) in [6, 6.07) is 11.9. The largest absolute Gasteiger partial charge is 0.469 e. The van der Waals surface area contributed by atoms with Crippen LogP contribution < -0.4 is 0 Å². The Kier molecular flexibility index (Phi) is 4.10. The highest BCUT2D eigenvalue weighted by atomic mass is 32.2. The number of thioether (sulfide) groups is 1. The van der Waals surface area contributed by atoms with Gasteiger partial charge in [-0.2, -0.15) is 4.98 Å². The van der Waals surface area contributed by atoms with Crippen molar-refractivity contribution in [2.75, 3.05) is 0 Å². The van der Waals surface area contributed by atoms with Crippen molar-refractivity contribution in [2.45, 2.75) is 24.8 Å². The number of hydrogen-bond acceptors (Lipinski definition) is 7. The molecule has 0 unspecified atom stereocenters. The zero-order chi connectivity index (χ0) is 17.2. The van der Waals surface area contributed by atoms with E-state index in [1.54, 1.807) is 13.2 Å². The first kappa shape index (κ1) is 15.6. The van der Waals surface area contributed by atoms with E-state index >= 15 is 0 Å². The van der Waals surface area contributed by atoms with E-state index in [1.165, 1.54) is 11.8 Å². The SMILES string of the molecule is Cc1noc(CSc2nnc(-c3ccoc3C)n2-c2ccccc2)n1. The Balaban J connectivity index is 1.74. The molecule has 0 bridgehead atoms. The predicted octanol–water partition coefficient (Wildman–Crippen LogP) is 3.82. The molecular formula is C17H15N5O2S. The van der Waals surface area contributed by atoms with Gasteiger partial charge in [-0.25, -0.2) is 0 Å². The highest BCUT2D eigenvalue weighted by Gasteiger charge is 2.19. The quantitative estimate of drug-likeness (QED) is 0.504. The van der Waals surface area contributed by atoms with Crippen molar-refractivity contribution in [3.05, 3.63) is 60.1 Å². The molecule has 25 heavy (non-hydrogen) atoms. The molecule has 1 aromatic carbocycles. The third-order valence-corrected chi connectivity index (χ3v) is 4.56. The van der Waals surface area contributed by atoms with E-state index in [0.29, 0.717) is 17.5 Å². The molecular weight excluding hydrogens is 338 g/mol. The Labute approximate surface area is 148 Å². The smallest absolute Gasteiger partial charge is 0.237 e. The van der Waals surface area contributed by atoms with Crippen molar-refractivity contribution in [2.24, 2.45) is 0 Å². The van der Waals surface area contributed by atoms with Gasteiger partial charge in [-0.15, -0.1) is 10.2 Å². The normalized spacial score (nSPS) is 11.1. The van der Waals surface area contributed by atoms with Crippen LogP contribution in [0.5, 0.6) is 0 Å². The van der Waals surface area contributed by atoms with Gasteiger partial charge in [-0.1, -0.05) is 35.1 Å². The summed E-state index contributed by atoms with van der Waals surface area (Å²) in [5, 5.41) is 13.3. The summed E-state index contributed by atoms with van der Waals surface area (Å²) >= 11 is 1.49. The molecule has 3 heterocycles. The van der Waals surface area contributed by atoms with E-state index in [1.807, 2.05) is 47.9 Å². The molecule has 0 N–H and O–H groups in total. The molecule has 0 aliphatic carbocycles. The van der Waals surface area contributed by atoms with Crippen LogP contribution in [0.4, 0.5) is 0 Å². The first-order chi connectivity index (χ1) is 12.2. The van der Waals surface area contributed by atoms with Crippen molar-refractivity contribution < 1.29 is 8.94 Å². The molecule has 0 saturated heterocycles. The molecule has 0 fully saturated rings. The van der Waals surface area contributed by atoms with E-state index in [-0.39, 0.29) is 0 Å². The van der Waals surface area contributed by atoms with Crippen LogP contribution in [0.1, 0.15) is 17.5 Å². The molecule has 126 valence electrons. The fourth-order valence-electron chi connectivity index (χ4n) is 2.49. The van der Waals surface area contributed by atoms with Crippen LogP contribution in [0.25, 0.3) is 17.1 Å². The molecule has 0 aliphatic heterocycles. The molecule has 8 heteroatoms. The zero-order valence-corrected chi connectivity index (χ0v) is 14.5. The molecule has 0 atom stereocenters. The van der Waals surface area contributed by atoms with Crippen LogP contribution in [0.3, 0.4) is 0 Å². The first-order valence-corrected chi connectivity index (χ1v) is 8.68. The number of para-hydroxylation sites is 1. The maximum Gasteiger partial charge on any atom is 0.237 e. The van der Waals surface area contributed by atoms with Crippen LogP contribution in [-0.2, 0) is 5.75 Å². The van der Waals surface area contributed by atoms with Crippen molar-refractivity contribution in [1.82, 2.24) is 24.9 Å². The third-order valence-electron chi connectivity index (χ3n) is 3.64. The molecule has 0 spiro atoms. The Morgan fingerprint density at radius 1 is 1.08 bits per heavy atom. The van der Waals surface area contributed by atoms with E-state index in [4.69, 9.17) is 8.94 Å². The Morgan fingerprint density at radius 2 is 1.92 bits per heavy atom. The summed E-state index contributed by atoms with van der Waals surface area (Å²) in [5.74, 6) is 3.24. The van der Waals surface area contributed by atoms with Crippen molar-refractivity contribution in [3.63, 3.8) is 0 Å². The van der Waals surface area contributed by atoms with Gasteiger partial charge in [-0.3, -0.25) is 4.57 Å². The molecule has 0 saturated carbocycles. The summed E-state index contributed by atoms with van der Waals surface area (Å²) in [6.07, 6.45) is 1.66. The zero-order valence-electron chi connectivity index (χ0n) is 13.7. The van der Waals surface area contributed by atoms with E-state index in [9.17, 15) is 0 Å². The average Bonchev–Trinajstić information content (AvgIpc) is 3.33. The molecule has 4 rings (SSSR count). The number of aromatic nitrogens is 5. The molecule has 0 amide bonds. The van der Waals surface area contributed by atoms with Gasteiger partial charge in [0.1, 0.15) is 5.76 Å². The number of rotatable bonds is 5. The van der Waals surface area contributed by atoms with Gasteiger partial charge in [0.25, 0.3) is 0 Å². The van der Waals surface area contributed by atoms with Gasteiger partial charge in [0.2, 0.25) is 5.89 Å². The molecule has 3 aromatic heterocycles. The van der Waals surface area contributed by atoms with E-state index in [0.717, 1.165) is 28.0 Å². The minimum absolute atomic E-state index is 0.524. The second kappa shape index (κ2) is 6.56. The fourth-order valence-corrected chi connectivity index (χ4v) is 3.28. The van der Waals surface area contributed by atoms with Crippen LogP contribution in [0.2, 0.25) is 0 Å². The lowest BCUT2D eigenvalue weighted by Gasteiger charge is -2.09. The van der Waals surface area contributed by atoms with E-state index < -0.39 is 0 Å². The topological polar surface area (TPSA) is 82.8 Å². The second-order valence-corrected chi connectivity index (χ2v) is 6.33. The van der Waals surface area contributed by atoms with Gasteiger partial charge >= 0.3 is 0 Å². The maximum atomic E-state index is 5.43. The Hall–Kier alpha value is -2.87. The Morgan fingerprint density at radius 3 is 2.60 bits per heavy atom. The minimum atomic E-state index is 0.524. The first-order valence-electron chi connectivity index (χ1n) is 7.69. The number of furan rings is 1. The number of hydrogen-bond donors (Lipinski definition) is 0. The summed E-state index contributed by atoms with van der Waals surface area (Å²) in [6.45, 7) is 3.71. The van der Waals surface area contributed by atoms with Gasteiger partial charge in [0.05, 0.1) is 17.6 Å². The number of aryl methyl sites for hydroxylation is 2. The fraction of sp³-hybridized carbons (Fsp3) is 0.176. The maximum absolute atomic E-state index is 5.43. The standard InChI is InChI=1S/C17H15N5O2S/c1-11-14(8-9-23-11)16-19-20-17(22(16)13-6-4-3-5-7-13)25-10-15-18-12(2)21-24-15/h3-9H,10H2,1-2H3. The lowest BCUT2D eigenvalue weighted by Crippen LogP contribution is -1.99. The molecule has 0 aliphatic rings. The summed E-state index contributed by atoms with van der Waals surface area (Å²) in [4.78, 5) is 4.23. The number of nitrogens with zero attached hydrogens (tertiary/aromatic N) is 5. The van der Waals surface area contributed by atoms with Gasteiger partial charge < -0.3 is 8.94 Å². The van der Waals surface area contributed by atoms with Crippen molar-refractivity contribution >= 4 is 11.8 Å². The van der Waals surface area contributed by atoms with E-state index in [2.05, 4.69) is 20.3 Å². The van der Waals surface area contributed by atoms with Crippen LogP contribution in [0, 0.1) is 13.8 Å². The highest BCUT2D eigenvalue weighted by Crippen LogP contribution is 2.31. The summed E-state index contributed by atoms with van der Waals surface area (Å²) < 4.78 is 12.6. The third kappa shape index (κ3) is 3.08. The minimum Gasteiger partial charge on any atom is -0.469 e. The molecule has 0 radical (unpaired) electrons. The van der Waals surface area contributed by atoms with Crippen molar-refractivity contribution in [3.8, 4) is 17.1 Å². The predicted molar refractivity (Wildman–Crippen MR) is 92.4 cm³/mol. The van der Waals surface area contributed by atoms with Crippen molar-refractivity contribution in [1.29, 1.82) is 0 Å². The van der Waals surface area contributed by atoms with Gasteiger partial charge in [0.15, 0.2) is 16.8 Å². The number of benzene rings is 1. The highest BCUT2D eigenvalue weighted by molar-refractivity contribution is 7.98. The van der Waals surface area contributed by atoms with Crippen LogP contribution >= 0.6 is 11.8 Å². The Bertz CT molecular complexity index is 990. The van der Waals surface area contributed by atoms with Crippen LogP contribution in [-0.4, -0.2) is 24.9 Å².